The Bertz CT molecular complexity index is 555. The minimum atomic E-state index is -1.63. The number of benzene rings is 1. The number of carbonyl (C=O) groups is 1. The monoisotopic (exact) mass is 356 g/mol. The van der Waals surface area contributed by atoms with Gasteiger partial charge in [0.1, 0.15) is 0 Å². The number of carboxylic acid groups (broad SMARTS) is 1. The molecule has 0 atom stereocenters. The first-order chi connectivity index (χ1) is 9.99. The second kappa shape index (κ2) is 6.89. The van der Waals surface area contributed by atoms with Crippen LogP contribution in [0.25, 0.3) is 0 Å². The Labute approximate surface area is 130 Å². The average molecular weight is 357 g/mol. The molecule has 1 aliphatic carbocycles. The van der Waals surface area contributed by atoms with Crippen LogP contribution in [0.5, 0.6) is 0 Å². The predicted molar refractivity (Wildman–Crippen MR) is 76.8 cm³/mol. The van der Waals surface area contributed by atoms with Gasteiger partial charge in [-0.2, -0.15) is 0 Å². The van der Waals surface area contributed by atoms with Gasteiger partial charge in [-0.25, -0.2) is 0 Å². The van der Waals surface area contributed by atoms with Crippen molar-refractivity contribution >= 4 is 27.8 Å². The number of nitrogens with zero attached hydrogens (tertiary/aromatic N) is 1. The highest BCUT2D eigenvalue weighted by Crippen LogP contribution is 2.38. The summed E-state index contributed by atoms with van der Waals surface area (Å²) < 4.78 is 4.91. The fourth-order valence-corrected chi connectivity index (χ4v) is 3.32. The van der Waals surface area contributed by atoms with Gasteiger partial charge in [-0.05, 0) is 51.9 Å². The van der Waals surface area contributed by atoms with Crippen LogP contribution in [0, 0.1) is 10.1 Å². The maximum atomic E-state index is 11.0. The molecule has 114 valence electrons. The Morgan fingerprint density at radius 3 is 2.57 bits per heavy atom. The molecule has 1 aromatic carbocycles. The third-order valence-electron chi connectivity index (χ3n) is 3.80. The number of rotatable bonds is 4. The zero-order valence-corrected chi connectivity index (χ0v) is 12.9. The van der Waals surface area contributed by atoms with Crippen molar-refractivity contribution < 1.29 is 19.6 Å². The van der Waals surface area contributed by atoms with Crippen molar-refractivity contribution in [1.29, 1.82) is 0 Å². The Morgan fingerprint density at radius 2 is 2.00 bits per heavy atom. The summed E-state index contributed by atoms with van der Waals surface area (Å²) in [6.07, 6.45) is 3.79. The van der Waals surface area contributed by atoms with Gasteiger partial charge in [0, 0.05) is 6.07 Å². The quantitative estimate of drug-likeness (QED) is 0.468. The highest BCUT2D eigenvalue weighted by Gasteiger charge is 2.23. The molecule has 1 aliphatic rings. The molecule has 0 bridgehead atoms. The minimum Gasteiger partial charge on any atom is -0.545 e. The predicted octanol–water partition coefficient (Wildman–Crippen LogP) is 3.26. The van der Waals surface area contributed by atoms with Crippen LogP contribution >= 0.6 is 15.9 Å². The van der Waals surface area contributed by atoms with Gasteiger partial charge in [0.15, 0.2) is 0 Å². The van der Waals surface area contributed by atoms with E-state index in [2.05, 4.69) is 20.7 Å². The third-order valence-corrected chi connectivity index (χ3v) is 4.43. The number of nitro benzene ring substituents is 1. The van der Waals surface area contributed by atoms with Crippen LogP contribution in [0.4, 0.5) is 10.5 Å². The van der Waals surface area contributed by atoms with Crippen molar-refractivity contribution in [2.24, 2.45) is 0 Å². The SMILES string of the molecule is O=C([O-])OCc1cc([N+](=O)[O-])c(Br)cc1C1CCCCC1. The Morgan fingerprint density at radius 1 is 1.33 bits per heavy atom. The summed E-state index contributed by atoms with van der Waals surface area (Å²) in [6.45, 7) is -0.220. The highest BCUT2D eigenvalue weighted by atomic mass is 79.9. The summed E-state index contributed by atoms with van der Waals surface area (Å²) in [5.74, 6) is 0.288. The van der Waals surface area contributed by atoms with Gasteiger partial charge in [-0.3, -0.25) is 10.1 Å². The lowest BCUT2D eigenvalue weighted by Gasteiger charge is -2.25. The summed E-state index contributed by atoms with van der Waals surface area (Å²) >= 11 is 3.22. The minimum absolute atomic E-state index is 0.0912. The fourth-order valence-electron chi connectivity index (χ4n) is 2.82. The van der Waals surface area contributed by atoms with Gasteiger partial charge in [0.25, 0.3) is 11.8 Å². The molecule has 7 heteroatoms. The van der Waals surface area contributed by atoms with E-state index in [4.69, 9.17) is 0 Å². The van der Waals surface area contributed by atoms with E-state index < -0.39 is 11.1 Å². The molecule has 0 amide bonds. The van der Waals surface area contributed by atoms with E-state index >= 15 is 0 Å². The van der Waals surface area contributed by atoms with Crippen molar-refractivity contribution in [3.05, 3.63) is 37.8 Å². The number of halogens is 1. The Balaban J connectivity index is 2.37. The Hall–Kier alpha value is -1.63. The maximum absolute atomic E-state index is 11.0. The molecule has 1 fully saturated rings. The topological polar surface area (TPSA) is 92.5 Å². The first-order valence-corrected chi connectivity index (χ1v) is 7.59. The molecule has 1 saturated carbocycles. The largest absolute Gasteiger partial charge is 0.545 e. The Kier molecular flexibility index (Phi) is 5.17. The van der Waals surface area contributed by atoms with Crippen LogP contribution in [0.1, 0.15) is 49.1 Å². The van der Waals surface area contributed by atoms with Crippen LogP contribution < -0.4 is 5.11 Å². The molecule has 21 heavy (non-hydrogen) atoms. The number of carbonyl (C=O) groups excluding carboxylic acids is 1. The van der Waals surface area contributed by atoms with Crippen molar-refractivity contribution in [2.75, 3.05) is 0 Å². The van der Waals surface area contributed by atoms with Gasteiger partial charge >= 0.3 is 0 Å². The standard InChI is InChI=1S/C14H16BrNO5/c15-12-7-11(9-4-2-1-3-5-9)10(8-21-14(17)18)6-13(12)16(19)20/h6-7,9H,1-5,8H2,(H,17,18)/p-1. The van der Waals surface area contributed by atoms with Gasteiger partial charge in [0.05, 0.1) is 16.0 Å². The van der Waals surface area contributed by atoms with Crippen LogP contribution in [-0.2, 0) is 11.3 Å². The normalized spacial score (nSPS) is 15.7. The number of nitro groups is 1. The average Bonchev–Trinajstić information content (AvgIpc) is 2.46. The maximum Gasteiger partial charge on any atom is 0.283 e. The van der Waals surface area contributed by atoms with Crippen LogP contribution in [0.15, 0.2) is 16.6 Å². The highest BCUT2D eigenvalue weighted by molar-refractivity contribution is 9.10. The lowest BCUT2D eigenvalue weighted by Crippen LogP contribution is -2.23. The number of hydrogen-bond acceptors (Lipinski definition) is 5. The molecule has 0 radical (unpaired) electrons. The molecule has 1 aromatic rings. The zero-order valence-electron chi connectivity index (χ0n) is 11.3. The van der Waals surface area contributed by atoms with E-state index in [1.807, 2.05) is 0 Å². The van der Waals surface area contributed by atoms with E-state index in [9.17, 15) is 20.0 Å². The van der Waals surface area contributed by atoms with E-state index in [0.29, 0.717) is 10.0 Å². The molecule has 0 aromatic heterocycles. The lowest BCUT2D eigenvalue weighted by atomic mass is 9.82. The molecule has 0 saturated heterocycles. The van der Waals surface area contributed by atoms with Crippen molar-refractivity contribution in [3.63, 3.8) is 0 Å². The van der Waals surface area contributed by atoms with E-state index in [0.717, 1.165) is 31.2 Å². The summed E-state index contributed by atoms with van der Waals surface area (Å²) in [7, 11) is 0. The van der Waals surface area contributed by atoms with Crippen molar-refractivity contribution in [2.45, 2.75) is 44.6 Å². The first kappa shape index (κ1) is 15.8. The van der Waals surface area contributed by atoms with Crippen LogP contribution in [0.2, 0.25) is 0 Å². The van der Waals surface area contributed by atoms with Crippen molar-refractivity contribution in [1.82, 2.24) is 0 Å². The van der Waals surface area contributed by atoms with Crippen LogP contribution in [0.3, 0.4) is 0 Å². The summed E-state index contributed by atoms with van der Waals surface area (Å²) in [6, 6.07) is 3.11. The third kappa shape index (κ3) is 3.93. The molecule has 0 heterocycles. The second-order valence-corrected chi connectivity index (χ2v) is 5.99. The van der Waals surface area contributed by atoms with E-state index in [1.165, 1.54) is 12.5 Å². The molecule has 0 spiro atoms. The lowest BCUT2D eigenvalue weighted by molar-refractivity contribution is -0.385. The zero-order chi connectivity index (χ0) is 15.4. The summed E-state index contributed by atoms with van der Waals surface area (Å²) in [4.78, 5) is 21.0. The van der Waals surface area contributed by atoms with E-state index in [1.54, 1.807) is 6.07 Å². The summed E-state index contributed by atoms with van der Waals surface area (Å²) in [5, 5.41) is 21.5. The summed E-state index contributed by atoms with van der Waals surface area (Å²) in [5.41, 5.74) is 1.38. The van der Waals surface area contributed by atoms with E-state index in [-0.39, 0.29) is 18.2 Å². The van der Waals surface area contributed by atoms with Gasteiger partial charge in [0.2, 0.25) is 0 Å². The fraction of sp³-hybridized carbons (Fsp3) is 0.500. The molecule has 6 nitrogen and oxygen atoms in total. The molecule has 2 rings (SSSR count). The van der Waals surface area contributed by atoms with Crippen molar-refractivity contribution in [3.8, 4) is 0 Å². The molecular formula is C14H15BrNO5-. The van der Waals surface area contributed by atoms with Gasteiger partial charge in [-0.1, -0.05) is 19.3 Å². The number of hydrogen-bond donors (Lipinski definition) is 0. The smallest absolute Gasteiger partial charge is 0.283 e. The molecule has 0 N–H and O–H groups in total. The van der Waals surface area contributed by atoms with Crippen LogP contribution in [-0.4, -0.2) is 11.1 Å². The molecular weight excluding hydrogens is 342 g/mol. The van der Waals surface area contributed by atoms with Gasteiger partial charge in [-0.15, -0.1) is 0 Å². The molecule has 0 aliphatic heterocycles. The second-order valence-electron chi connectivity index (χ2n) is 5.13. The first-order valence-electron chi connectivity index (χ1n) is 6.79. The van der Waals surface area contributed by atoms with Gasteiger partial charge < -0.3 is 14.6 Å². The number of ether oxygens (including phenoxy) is 1. The molecule has 0 unspecified atom stereocenters.